The average molecular weight is 292 g/mol. The minimum Gasteiger partial charge on any atom is -0.383 e. The van der Waals surface area contributed by atoms with Gasteiger partial charge in [-0.05, 0) is 40.5 Å². The summed E-state index contributed by atoms with van der Waals surface area (Å²) in [6, 6.07) is 3.43. The van der Waals surface area contributed by atoms with E-state index >= 15 is 0 Å². The number of ketones is 1. The SMILES string of the molecule is Cc1cnc(N)c(C(=O)c2cncc(Br)c2)c1. The predicted molar refractivity (Wildman–Crippen MR) is 68.8 cm³/mol. The van der Waals surface area contributed by atoms with Crippen LogP contribution in [-0.4, -0.2) is 15.8 Å². The van der Waals surface area contributed by atoms with E-state index < -0.39 is 0 Å². The van der Waals surface area contributed by atoms with Gasteiger partial charge in [-0.1, -0.05) is 0 Å². The van der Waals surface area contributed by atoms with Crippen molar-refractivity contribution in [3.05, 3.63) is 51.9 Å². The molecule has 0 unspecified atom stereocenters. The van der Waals surface area contributed by atoms with Gasteiger partial charge in [0, 0.05) is 28.6 Å². The number of aromatic nitrogens is 2. The van der Waals surface area contributed by atoms with E-state index in [4.69, 9.17) is 5.73 Å². The van der Waals surface area contributed by atoms with Gasteiger partial charge in [-0.25, -0.2) is 4.98 Å². The van der Waals surface area contributed by atoms with Crippen LogP contribution >= 0.6 is 15.9 Å². The molecule has 2 heterocycles. The average Bonchev–Trinajstić information content (AvgIpc) is 2.31. The molecule has 0 radical (unpaired) electrons. The maximum atomic E-state index is 12.2. The molecule has 2 rings (SSSR count). The molecule has 2 aromatic rings. The molecular formula is C12H10BrN3O. The van der Waals surface area contributed by atoms with Crippen molar-refractivity contribution >= 4 is 27.5 Å². The van der Waals surface area contributed by atoms with Gasteiger partial charge in [-0.2, -0.15) is 0 Å². The molecule has 0 fully saturated rings. The van der Waals surface area contributed by atoms with Crippen LogP contribution in [0.5, 0.6) is 0 Å². The zero-order chi connectivity index (χ0) is 12.4. The molecule has 0 aliphatic heterocycles. The smallest absolute Gasteiger partial charge is 0.198 e. The number of anilines is 1. The number of aryl methyl sites for hydroxylation is 1. The maximum Gasteiger partial charge on any atom is 0.198 e. The third kappa shape index (κ3) is 2.50. The van der Waals surface area contributed by atoms with E-state index in [0.29, 0.717) is 11.1 Å². The Bertz CT molecular complexity index is 584. The number of carbonyl (C=O) groups excluding carboxylic acids is 1. The van der Waals surface area contributed by atoms with Gasteiger partial charge in [0.15, 0.2) is 5.78 Å². The van der Waals surface area contributed by atoms with E-state index in [1.165, 1.54) is 6.20 Å². The summed E-state index contributed by atoms with van der Waals surface area (Å²) in [7, 11) is 0. The highest BCUT2D eigenvalue weighted by atomic mass is 79.9. The first-order chi connectivity index (χ1) is 8.08. The molecular weight excluding hydrogens is 282 g/mol. The number of nitrogen functional groups attached to an aromatic ring is 1. The normalized spacial score (nSPS) is 10.2. The summed E-state index contributed by atoms with van der Waals surface area (Å²) in [5.41, 5.74) is 7.49. The maximum absolute atomic E-state index is 12.2. The molecule has 0 atom stereocenters. The van der Waals surface area contributed by atoms with Gasteiger partial charge in [-0.3, -0.25) is 9.78 Å². The van der Waals surface area contributed by atoms with Crippen LogP contribution in [0.4, 0.5) is 5.82 Å². The number of pyridine rings is 2. The molecule has 0 aliphatic carbocycles. The van der Waals surface area contributed by atoms with E-state index in [2.05, 4.69) is 25.9 Å². The number of carbonyl (C=O) groups is 1. The van der Waals surface area contributed by atoms with Crippen LogP contribution in [0.25, 0.3) is 0 Å². The van der Waals surface area contributed by atoms with Crippen LogP contribution in [0, 0.1) is 6.92 Å². The lowest BCUT2D eigenvalue weighted by Crippen LogP contribution is -2.07. The third-order valence-corrected chi connectivity index (χ3v) is 2.70. The molecule has 0 spiro atoms. The van der Waals surface area contributed by atoms with Crippen molar-refractivity contribution in [2.24, 2.45) is 0 Å². The summed E-state index contributed by atoms with van der Waals surface area (Å²) in [5, 5.41) is 0. The highest BCUT2D eigenvalue weighted by Gasteiger charge is 2.14. The molecule has 2 N–H and O–H groups in total. The van der Waals surface area contributed by atoms with Crippen LogP contribution in [0.1, 0.15) is 21.5 Å². The summed E-state index contributed by atoms with van der Waals surface area (Å²) in [4.78, 5) is 20.1. The van der Waals surface area contributed by atoms with Crippen molar-refractivity contribution in [2.75, 3.05) is 5.73 Å². The Balaban J connectivity index is 2.47. The monoisotopic (exact) mass is 291 g/mol. The zero-order valence-corrected chi connectivity index (χ0v) is 10.7. The van der Waals surface area contributed by atoms with Crippen molar-refractivity contribution in [1.82, 2.24) is 9.97 Å². The lowest BCUT2D eigenvalue weighted by atomic mass is 10.0. The van der Waals surface area contributed by atoms with Gasteiger partial charge in [0.1, 0.15) is 5.82 Å². The fourth-order valence-electron chi connectivity index (χ4n) is 1.45. The highest BCUT2D eigenvalue weighted by Crippen LogP contribution is 2.17. The number of halogens is 1. The first-order valence-corrected chi connectivity index (χ1v) is 5.74. The largest absolute Gasteiger partial charge is 0.383 e. The second-order valence-corrected chi connectivity index (χ2v) is 4.58. The van der Waals surface area contributed by atoms with Crippen molar-refractivity contribution < 1.29 is 4.79 Å². The van der Waals surface area contributed by atoms with Crippen LogP contribution in [0.3, 0.4) is 0 Å². The Labute approximate surface area is 107 Å². The fraction of sp³-hybridized carbons (Fsp3) is 0.0833. The molecule has 0 amide bonds. The molecule has 0 saturated carbocycles. The number of rotatable bonds is 2. The highest BCUT2D eigenvalue weighted by molar-refractivity contribution is 9.10. The van der Waals surface area contributed by atoms with E-state index in [0.717, 1.165) is 10.0 Å². The minimum absolute atomic E-state index is 0.174. The van der Waals surface area contributed by atoms with Crippen molar-refractivity contribution in [1.29, 1.82) is 0 Å². The van der Waals surface area contributed by atoms with Gasteiger partial charge < -0.3 is 5.73 Å². The molecule has 0 aliphatic rings. The Morgan fingerprint density at radius 2 is 2.06 bits per heavy atom. The predicted octanol–water partition coefficient (Wildman–Crippen LogP) is 2.36. The van der Waals surface area contributed by atoms with Crippen molar-refractivity contribution in [3.8, 4) is 0 Å². The minimum atomic E-state index is -0.174. The summed E-state index contributed by atoms with van der Waals surface area (Å²) >= 11 is 3.27. The van der Waals surface area contributed by atoms with Gasteiger partial charge in [-0.15, -0.1) is 0 Å². The number of hydrogen-bond donors (Lipinski definition) is 1. The topological polar surface area (TPSA) is 68.9 Å². The molecule has 2 aromatic heterocycles. The summed E-state index contributed by atoms with van der Waals surface area (Å²) < 4.78 is 0.752. The number of nitrogens with two attached hydrogens (primary N) is 1. The van der Waals surface area contributed by atoms with E-state index in [9.17, 15) is 4.79 Å². The van der Waals surface area contributed by atoms with Crippen LogP contribution in [-0.2, 0) is 0 Å². The first-order valence-electron chi connectivity index (χ1n) is 4.95. The Morgan fingerprint density at radius 1 is 1.29 bits per heavy atom. The summed E-state index contributed by atoms with van der Waals surface area (Å²) in [5.74, 6) is 0.0630. The third-order valence-electron chi connectivity index (χ3n) is 2.27. The number of hydrogen-bond acceptors (Lipinski definition) is 4. The van der Waals surface area contributed by atoms with Gasteiger partial charge in [0.2, 0.25) is 0 Å². The van der Waals surface area contributed by atoms with E-state index in [1.807, 2.05) is 6.92 Å². The Morgan fingerprint density at radius 3 is 2.76 bits per heavy atom. The Hall–Kier alpha value is -1.75. The summed E-state index contributed by atoms with van der Waals surface area (Å²) in [6.07, 6.45) is 4.76. The first kappa shape index (κ1) is 11.7. The molecule has 0 aromatic carbocycles. The Kier molecular flexibility index (Phi) is 3.19. The summed E-state index contributed by atoms with van der Waals surface area (Å²) in [6.45, 7) is 1.86. The second-order valence-electron chi connectivity index (χ2n) is 3.67. The van der Waals surface area contributed by atoms with E-state index in [-0.39, 0.29) is 11.6 Å². The molecule has 0 bridgehead atoms. The van der Waals surface area contributed by atoms with Crippen molar-refractivity contribution in [2.45, 2.75) is 6.92 Å². The molecule has 86 valence electrons. The van der Waals surface area contributed by atoms with Gasteiger partial charge >= 0.3 is 0 Å². The van der Waals surface area contributed by atoms with Gasteiger partial charge in [0.05, 0.1) is 5.56 Å². The van der Waals surface area contributed by atoms with Crippen molar-refractivity contribution in [3.63, 3.8) is 0 Å². The second kappa shape index (κ2) is 4.63. The standard InChI is InChI=1S/C12H10BrN3O/c1-7-2-10(12(14)16-4-7)11(17)8-3-9(13)6-15-5-8/h2-6H,1H3,(H2,14,16). The van der Waals surface area contributed by atoms with Crippen LogP contribution in [0.2, 0.25) is 0 Å². The lowest BCUT2D eigenvalue weighted by molar-refractivity contribution is 0.103. The fourth-order valence-corrected chi connectivity index (χ4v) is 1.82. The van der Waals surface area contributed by atoms with Crippen LogP contribution in [0.15, 0.2) is 35.2 Å². The molecule has 17 heavy (non-hydrogen) atoms. The van der Waals surface area contributed by atoms with Crippen LogP contribution < -0.4 is 5.73 Å². The lowest BCUT2D eigenvalue weighted by Gasteiger charge is -2.05. The molecule has 5 heteroatoms. The zero-order valence-electron chi connectivity index (χ0n) is 9.14. The van der Waals surface area contributed by atoms with E-state index in [1.54, 1.807) is 24.5 Å². The number of nitrogens with zero attached hydrogens (tertiary/aromatic N) is 2. The van der Waals surface area contributed by atoms with Gasteiger partial charge in [0.25, 0.3) is 0 Å². The molecule has 4 nitrogen and oxygen atoms in total. The molecule has 0 saturated heterocycles. The quantitative estimate of drug-likeness (QED) is 0.863.